The molecule has 0 radical (unpaired) electrons. The zero-order chi connectivity index (χ0) is 10.1. The third-order valence-corrected chi connectivity index (χ3v) is 2.05. The molecule has 5 nitrogen and oxygen atoms in total. The Morgan fingerprint density at radius 2 is 2.36 bits per heavy atom. The Kier molecular flexibility index (Phi) is 13.9. The minimum absolute atomic E-state index is 0. The molecule has 0 aromatic rings. The van der Waals surface area contributed by atoms with Crippen molar-refractivity contribution in [2.24, 2.45) is 0 Å². The fourth-order valence-electron chi connectivity index (χ4n) is 0.571. The summed E-state index contributed by atoms with van der Waals surface area (Å²) in [5.41, 5.74) is 0. The SMILES string of the molecule is C=CCOC(=O)C(CC)SOO[O-].[Na+]. The molecule has 0 aromatic heterocycles. The maximum absolute atomic E-state index is 11.1. The second-order valence-electron chi connectivity index (χ2n) is 2.05. The number of ether oxygens (including phenoxy) is 1. The van der Waals surface area contributed by atoms with Crippen LogP contribution in [0, 0.1) is 0 Å². The summed E-state index contributed by atoms with van der Waals surface area (Å²) in [6.45, 7) is 5.30. The van der Waals surface area contributed by atoms with E-state index in [0.717, 1.165) is 0 Å². The number of hydrogen-bond donors (Lipinski definition) is 0. The van der Waals surface area contributed by atoms with Gasteiger partial charge in [-0.1, -0.05) is 19.6 Å². The number of carbonyl (C=O) groups is 1. The Morgan fingerprint density at radius 3 is 2.79 bits per heavy atom. The second-order valence-corrected chi connectivity index (χ2v) is 2.95. The Morgan fingerprint density at radius 1 is 1.71 bits per heavy atom. The van der Waals surface area contributed by atoms with Crippen LogP contribution >= 0.6 is 12.0 Å². The van der Waals surface area contributed by atoms with E-state index in [2.05, 4.69) is 16.0 Å². The zero-order valence-corrected chi connectivity index (χ0v) is 11.0. The van der Waals surface area contributed by atoms with E-state index in [9.17, 15) is 10.1 Å². The van der Waals surface area contributed by atoms with E-state index in [1.54, 1.807) is 6.92 Å². The van der Waals surface area contributed by atoms with E-state index in [0.29, 0.717) is 18.5 Å². The summed E-state index contributed by atoms with van der Waals surface area (Å²) in [5, 5.41) is 12.0. The summed E-state index contributed by atoms with van der Waals surface area (Å²) < 4.78 is 8.75. The standard InChI is InChI=1S/C7H12O5S.Na/c1-3-5-10-7(8)6(4-2)13-12-11-9;/h3,6,9H,1,4-5H2,2H3;/q;+1/p-1. The van der Waals surface area contributed by atoms with E-state index < -0.39 is 11.2 Å². The first-order valence-electron chi connectivity index (χ1n) is 3.65. The van der Waals surface area contributed by atoms with Gasteiger partial charge in [0.05, 0.1) is 0 Å². The molecule has 1 unspecified atom stereocenters. The largest absolute Gasteiger partial charge is 1.00 e. The van der Waals surface area contributed by atoms with Gasteiger partial charge in [-0.15, -0.1) is 0 Å². The van der Waals surface area contributed by atoms with Crippen LogP contribution in [0.3, 0.4) is 0 Å². The monoisotopic (exact) mass is 230 g/mol. The molecule has 0 aliphatic carbocycles. The van der Waals surface area contributed by atoms with E-state index in [1.807, 2.05) is 0 Å². The molecular formula is C7H11NaO5S. The van der Waals surface area contributed by atoms with Crippen LogP contribution in [0.1, 0.15) is 13.3 Å². The van der Waals surface area contributed by atoms with Gasteiger partial charge in [0.2, 0.25) is 0 Å². The van der Waals surface area contributed by atoms with Crippen molar-refractivity contribution in [1.82, 2.24) is 0 Å². The van der Waals surface area contributed by atoms with Crippen LogP contribution in [0.15, 0.2) is 12.7 Å². The van der Waals surface area contributed by atoms with Crippen molar-refractivity contribution < 1.29 is 53.7 Å². The van der Waals surface area contributed by atoms with Crippen molar-refractivity contribution in [2.75, 3.05) is 6.61 Å². The van der Waals surface area contributed by atoms with Crippen LogP contribution in [0.25, 0.3) is 0 Å². The smallest absolute Gasteiger partial charge is 0.691 e. The van der Waals surface area contributed by atoms with Gasteiger partial charge in [-0.3, -0.25) is 9.83 Å². The number of carbonyl (C=O) groups excluding carboxylic acids is 1. The first-order chi connectivity index (χ1) is 6.26. The summed E-state index contributed by atoms with van der Waals surface area (Å²) in [6, 6.07) is 0. The minimum Gasteiger partial charge on any atom is -0.691 e. The molecule has 0 saturated heterocycles. The summed E-state index contributed by atoms with van der Waals surface area (Å²) in [7, 11) is 0. The molecule has 7 heteroatoms. The molecule has 0 bridgehead atoms. The van der Waals surface area contributed by atoms with Crippen molar-refractivity contribution in [3.63, 3.8) is 0 Å². The first kappa shape index (κ1) is 16.9. The van der Waals surface area contributed by atoms with E-state index in [-0.39, 0.29) is 36.2 Å². The van der Waals surface area contributed by atoms with Gasteiger partial charge < -0.3 is 9.99 Å². The third kappa shape index (κ3) is 7.81. The van der Waals surface area contributed by atoms with Gasteiger partial charge in [0, 0.05) is 12.0 Å². The van der Waals surface area contributed by atoms with Gasteiger partial charge in [-0.05, 0) is 6.42 Å². The van der Waals surface area contributed by atoms with E-state index in [1.165, 1.54) is 6.08 Å². The van der Waals surface area contributed by atoms with Gasteiger partial charge in [-0.2, -0.15) is 4.33 Å². The van der Waals surface area contributed by atoms with Gasteiger partial charge in [0.15, 0.2) is 0 Å². The zero-order valence-electron chi connectivity index (χ0n) is 8.23. The van der Waals surface area contributed by atoms with E-state index >= 15 is 0 Å². The van der Waals surface area contributed by atoms with Gasteiger partial charge in [-0.25, -0.2) is 0 Å². The Balaban J connectivity index is 0. The molecule has 1 atom stereocenters. The topological polar surface area (TPSA) is 67.8 Å². The summed E-state index contributed by atoms with van der Waals surface area (Å²) in [6.07, 6.45) is 1.95. The second kappa shape index (κ2) is 11.5. The number of esters is 1. The summed E-state index contributed by atoms with van der Waals surface area (Å²) >= 11 is 0.637. The predicted molar refractivity (Wildman–Crippen MR) is 45.0 cm³/mol. The fraction of sp³-hybridized carbons (Fsp3) is 0.571. The van der Waals surface area contributed by atoms with Crippen LogP contribution in [0.2, 0.25) is 0 Å². The van der Waals surface area contributed by atoms with Crippen molar-refractivity contribution in [2.45, 2.75) is 18.6 Å². The quantitative estimate of drug-likeness (QED) is 0.119. The predicted octanol–water partition coefficient (Wildman–Crippen LogP) is -2.63. The Bertz CT molecular complexity index is 166. The van der Waals surface area contributed by atoms with Crippen molar-refractivity contribution in [1.29, 1.82) is 0 Å². The molecule has 14 heavy (non-hydrogen) atoms. The van der Waals surface area contributed by atoms with Crippen LogP contribution in [-0.2, 0) is 18.9 Å². The molecule has 0 aliphatic heterocycles. The fourth-order valence-corrected chi connectivity index (χ4v) is 0.981. The minimum atomic E-state index is -0.547. The molecule has 76 valence electrons. The molecule has 0 saturated carbocycles. The average Bonchev–Trinajstić information content (AvgIpc) is 2.16. The van der Waals surface area contributed by atoms with Crippen LogP contribution in [0.5, 0.6) is 0 Å². The Hall–Kier alpha value is 0.440. The van der Waals surface area contributed by atoms with Crippen LogP contribution in [-0.4, -0.2) is 17.8 Å². The van der Waals surface area contributed by atoms with E-state index in [4.69, 9.17) is 4.74 Å². The molecule has 0 amide bonds. The third-order valence-electron chi connectivity index (χ3n) is 1.16. The molecule has 0 fully saturated rings. The molecule has 0 aliphatic rings. The maximum Gasteiger partial charge on any atom is 1.00 e. The van der Waals surface area contributed by atoms with Crippen LogP contribution < -0.4 is 34.8 Å². The maximum atomic E-state index is 11.1. The summed E-state index contributed by atoms with van der Waals surface area (Å²) in [4.78, 5) is 11.1. The molecular weight excluding hydrogens is 219 g/mol. The molecule has 0 N–H and O–H groups in total. The van der Waals surface area contributed by atoms with Gasteiger partial charge in [0.25, 0.3) is 0 Å². The molecule has 0 aromatic carbocycles. The van der Waals surface area contributed by atoms with Crippen molar-refractivity contribution >= 4 is 18.0 Å². The van der Waals surface area contributed by atoms with Gasteiger partial charge in [0.1, 0.15) is 11.9 Å². The molecule has 0 spiro atoms. The number of hydrogen-bond acceptors (Lipinski definition) is 6. The number of rotatable bonds is 7. The van der Waals surface area contributed by atoms with Crippen molar-refractivity contribution in [3.05, 3.63) is 12.7 Å². The normalized spacial score (nSPS) is 11.3. The van der Waals surface area contributed by atoms with Crippen molar-refractivity contribution in [3.8, 4) is 0 Å². The molecule has 0 heterocycles. The van der Waals surface area contributed by atoms with Crippen LogP contribution in [0.4, 0.5) is 0 Å². The molecule has 0 rings (SSSR count). The Labute approximate surface area is 109 Å². The summed E-state index contributed by atoms with van der Waals surface area (Å²) in [5.74, 6) is -0.454. The average molecular weight is 230 g/mol. The van der Waals surface area contributed by atoms with Gasteiger partial charge >= 0.3 is 35.5 Å². The first-order valence-corrected chi connectivity index (χ1v) is 4.46.